The summed E-state index contributed by atoms with van der Waals surface area (Å²) in [7, 11) is 1.59. The first-order chi connectivity index (χ1) is 9.01. The number of anilines is 1. The molecule has 0 aromatic carbocycles. The Bertz CT molecular complexity index is 486. The van der Waals surface area contributed by atoms with Crippen molar-refractivity contribution in [2.75, 3.05) is 5.32 Å². The van der Waals surface area contributed by atoms with Crippen molar-refractivity contribution in [3.8, 4) is 0 Å². The van der Waals surface area contributed by atoms with Crippen LogP contribution in [-0.2, 0) is 16.6 Å². The Labute approximate surface area is 110 Å². The zero-order valence-corrected chi connectivity index (χ0v) is 10.9. The predicted molar refractivity (Wildman–Crippen MR) is 65.1 cm³/mol. The van der Waals surface area contributed by atoms with Gasteiger partial charge in [0.05, 0.1) is 18.9 Å². The van der Waals surface area contributed by atoms with Crippen molar-refractivity contribution in [3.63, 3.8) is 0 Å². The van der Waals surface area contributed by atoms with E-state index >= 15 is 0 Å². The molecule has 0 spiro atoms. The fraction of sp³-hybridized carbons (Fsp3) is 0.727. The molecule has 0 saturated heterocycles. The summed E-state index contributed by atoms with van der Waals surface area (Å²) in [5, 5.41) is 22.8. The third kappa shape index (κ3) is 2.88. The molecule has 8 nitrogen and oxygen atoms in total. The molecule has 0 bridgehead atoms. The molecule has 8 heteroatoms. The van der Waals surface area contributed by atoms with Gasteiger partial charge in [-0.2, -0.15) is 4.80 Å². The predicted octanol–water partition coefficient (Wildman–Crippen LogP) is 0.286. The van der Waals surface area contributed by atoms with Crippen LogP contribution in [-0.4, -0.2) is 37.2 Å². The number of carbonyl (C=O) groups is 2. The normalized spacial score (nSPS) is 26.3. The summed E-state index contributed by atoms with van der Waals surface area (Å²) in [5.74, 6) is -2.00. The number of aryl methyl sites for hydroxylation is 1. The van der Waals surface area contributed by atoms with Crippen LogP contribution < -0.4 is 5.32 Å². The molecular weight excluding hydrogens is 250 g/mol. The van der Waals surface area contributed by atoms with Gasteiger partial charge in [0.1, 0.15) is 0 Å². The first kappa shape index (κ1) is 13.4. The molecule has 3 unspecified atom stereocenters. The number of carboxylic acid groups (broad SMARTS) is 1. The lowest BCUT2D eigenvalue weighted by Gasteiger charge is -2.13. The molecule has 1 heterocycles. The Morgan fingerprint density at radius 1 is 1.42 bits per heavy atom. The molecule has 1 aromatic rings. The summed E-state index contributed by atoms with van der Waals surface area (Å²) in [5.41, 5.74) is 0. The number of carboxylic acids is 1. The van der Waals surface area contributed by atoms with E-state index in [-0.39, 0.29) is 17.8 Å². The fourth-order valence-corrected chi connectivity index (χ4v) is 2.58. The Morgan fingerprint density at radius 3 is 2.63 bits per heavy atom. The van der Waals surface area contributed by atoms with Gasteiger partial charge >= 0.3 is 5.97 Å². The summed E-state index contributed by atoms with van der Waals surface area (Å²) < 4.78 is 0. The molecule has 1 aromatic heterocycles. The number of aromatic nitrogens is 4. The van der Waals surface area contributed by atoms with E-state index in [1.54, 1.807) is 7.05 Å². The Balaban J connectivity index is 2.06. The first-order valence-electron chi connectivity index (χ1n) is 6.29. The van der Waals surface area contributed by atoms with Gasteiger partial charge in [0, 0.05) is 0 Å². The highest BCUT2D eigenvalue weighted by Crippen LogP contribution is 2.38. The molecule has 2 rings (SSSR count). The molecule has 3 atom stereocenters. The number of amides is 1. The number of rotatable bonds is 4. The number of nitrogens with one attached hydrogen (secondary N) is 1. The number of tetrazole rings is 1. The second kappa shape index (κ2) is 5.33. The minimum Gasteiger partial charge on any atom is -0.481 e. The van der Waals surface area contributed by atoms with E-state index in [1.165, 1.54) is 4.80 Å². The second-order valence-corrected chi connectivity index (χ2v) is 4.89. The molecule has 1 fully saturated rings. The lowest BCUT2D eigenvalue weighted by Crippen LogP contribution is -2.30. The Hall–Kier alpha value is -1.99. The summed E-state index contributed by atoms with van der Waals surface area (Å²) in [4.78, 5) is 24.5. The van der Waals surface area contributed by atoms with Crippen molar-refractivity contribution in [3.05, 3.63) is 0 Å². The molecule has 1 aliphatic carbocycles. The maximum absolute atomic E-state index is 12.1. The minimum absolute atomic E-state index is 0.108. The van der Waals surface area contributed by atoms with E-state index in [0.29, 0.717) is 12.8 Å². The van der Waals surface area contributed by atoms with Gasteiger partial charge < -0.3 is 5.11 Å². The van der Waals surface area contributed by atoms with Crippen molar-refractivity contribution in [2.45, 2.75) is 26.2 Å². The van der Waals surface area contributed by atoms with E-state index in [1.807, 2.05) is 6.92 Å². The van der Waals surface area contributed by atoms with Crippen LogP contribution in [0.25, 0.3) is 0 Å². The Kier molecular flexibility index (Phi) is 3.77. The average Bonchev–Trinajstić information content (AvgIpc) is 2.95. The number of hydrogen-bond acceptors (Lipinski definition) is 5. The highest BCUT2D eigenvalue weighted by atomic mass is 16.4. The smallest absolute Gasteiger partial charge is 0.307 e. The van der Waals surface area contributed by atoms with Crippen LogP contribution in [0.15, 0.2) is 0 Å². The van der Waals surface area contributed by atoms with Crippen molar-refractivity contribution >= 4 is 17.8 Å². The number of hydrogen-bond donors (Lipinski definition) is 2. The van der Waals surface area contributed by atoms with Gasteiger partial charge in [0.25, 0.3) is 5.95 Å². The van der Waals surface area contributed by atoms with Gasteiger partial charge in [-0.15, -0.1) is 5.10 Å². The molecule has 2 N–H and O–H groups in total. The second-order valence-electron chi connectivity index (χ2n) is 4.89. The SMILES string of the molecule is CCC1CC(C(=O)O)C(C(=O)Nc2nnn(C)n2)C1. The molecule has 104 valence electrons. The van der Waals surface area contributed by atoms with Gasteiger partial charge in [-0.25, -0.2) is 0 Å². The van der Waals surface area contributed by atoms with Crippen molar-refractivity contribution in [2.24, 2.45) is 24.8 Å². The lowest BCUT2D eigenvalue weighted by molar-refractivity contribution is -0.145. The maximum Gasteiger partial charge on any atom is 0.307 e. The number of carbonyl (C=O) groups excluding carboxylic acids is 1. The number of aliphatic carboxylic acids is 1. The van der Waals surface area contributed by atoms with Crippen molar-refractivity contribution in [1.29, 1.82) is 0 Å². The topological polar surface area (TPSA) is 110 Å². The first-order valence-corrected chi connectivity index (χ1v) is 6.29. The molecule has 1 aliphatic rings. The maximum atomic E-state index is 12.1. The summed E-state index contributed by atoms with van der Waals surface area (Å²) in [6.07, 6.45) is 2.04. The van der Waals surface area contributed by atoms with Crippen LogP contribution in [0.3, 0.4) is 0 Å². The average molecular weight is 267 g/mol. The van der Waals surface area contributed by atoms with Gasteiger partial charge in [-0.1, -0.05) is 18.4 Å². The van der Waals surface area contributed by atoms with E-state index < -0.39 is 17.8 Å². The van der Waals surface area contributed by atoms with Gasteiger partial charge in [-0.05, 0) is 24.0 Å². The third-order valence-electron chi connectivity index (χ3n) is 3.63. The molecular formula is C11H17N5O3. The van der Waals surface area contributed by atoms with Crippen molar-refractivity contribution in [1.82, 2.24) is 20.2 Å². The van der Waals surface area contributed by atoms with Gasteiger partial charge in [0.2, 0.25) is 5.91 Å². The van der Waals surface area contributed by atoms with E-state index in [4.69, 9.17) is 0 Å². The fourth-order valence-electron chi connectivity index (χ4n) is 2.58. The van der Waals surface area contributed by atoms with Crippen LogP contribution >= 0.6 is 0 Å². The molecule has 1 amide bonds. The Morgan fingerprint density at radius 2 is 2.11 bits per heavy atom. The largest absolute Gasteiger partial charge is 0.481 e. The van der Waals surface area contributed by atoms with Crippen LogP contribution in [0.2, 0.25) is 0 Å². The molecule has 0 aliphatic heterocycles. The summed E-state index contributed by atoms with van der Waals surface area (Å²) in [6, 6.07) is 0. The molecule has 1 saturated carbocycles. The summed E-state index contributed by atoms with van der Waals surface area (Å²) >= 11 is 0. The van der Waals surface area contributed by atoms with Crippen LogP contribution in [0.4, 0.5) is 5.95 Å². The highest BCUT2D eigenvalue weighted by Gasteiger charge is 2.42. The van der Waals surface area contributed by atoms with E-state index in [9.17, 15) is 14.7 Å². The quantitative estimate of drug-likeness (QED) is 0.811. The van der Waals surface area contributed by atoms with Crippen LogP contribution in [0.5, 0.6) is 0 Å². The van der Waals surface area contributed by atoms with Crippen molar-refractivity contribution < 1.29 is 14.7 Å². The highest BCUT2D eigenvalue weighted by molar-refractivity contribution is 5.94. The monoisotopic (exact) mass is 267 g/mol. The van der Waals surface area contributed by atoms with Gasteiger partial charge in [-0.3, -0.25) is 14.9 Å². The van der Waals surface area contributed by atoms with Crippen LogP contribution in [0.1, 0.15) is 26.2 Å². The minimum atomic E-state index is -0.914. The van der Waals surface area contributed by atoms with E-state index in [0.717, 1.165) is 6.42 Å². The van der Waals surface area contributed by atoms with Crippen LogP contribution in [0, 0.1) is 17.8 Å². The lowest BCUT2D eigenvalue weighted by atomic mass is 9.95. The zero-order chi connectivity index (χ0) is 14.0. The third-order valence-corrected chi connectivity index (χ3v) is 3.63. The molecule has 19 heavy (non-hydrogen) atoms. The van der Waals surface area contributed by atoms with E-state index in [2.05, 4.69) is 20.7 Å². The van der Waals surface area contributed by atoms with Gasteiger partial charge in [0.15, 0.2) is 0 Å². The standard InChI is InChI=1S/C11H17N5O3/c1-3-6-4-7(8(5-6)10(18)19)9(17)12-11-13-15-16(2)14-11/h6-8H,3-5H2,1-2H3,(H,18,19)(H,12,14,17). The summed E-state index contributed by atoms with van der Waals surface area (Å²) in [6.45, 7) is 2.01. The number of nitrogens with zero attached hydrogens (tertiary/aromatic N) is 4. The zero-order valence-electron chi connectivity index (χ0n) is 10.9. The molecule has 0 radical (unpaired) electrons.